The minimum absolute atomic E-state index is 0.0304. The third-order valence-corrected chi connectivity index (χ3v) is 5.06. The van der Waals surface area contributed by atoms with Crippen LogP contribution in [0.25, 0.3) is 0 Å². The molecule has 0 saturated carbocycles. The van der Waals surface area contributed by atoms with Crippen LogP contribution in [0.5, 0.6) is 0 Å². The molecule has 1 heterocycles. The summed E-state index contributed by atoms with van der Waals surface area (Å²) in [6.45, 7) is 1.99. The van der Waals surface area contributed by atoms with E-state index in [1.54, 1.807) is 37.5 Å². The first-order valence-electron chi connectivity index (χ1n) is 6.35. The van der Waals surface area contributed by atoms with Crippen LogP contribution in [-0.2, 0) is 16.6 Å². The molecule has 1 atom stereocenters. The number of pyridine rings is 1. The summed E-state index contributed by atoms with van der Waals surface area (Å²) in [4.78, 5) is 4.01. The van der Waals surface area contributed by atoms with Crippen LogP contribution in [0.15, 0.2) is 47.6 Å². The SMILES string of the molecule is CC(NS(=O)(=O)c1cc(CN)ccc1Cl)c1cccnc1. The summed E-state index contributed by atoms with van der Waals surface area (Å²) in [5.74, 6) is 0. The lowest BCUT2D eigenvalue weighted by molar-refractivity contribution is 0.566. The fourth-order valence-electron chi connectivity index (χ4n) is 1.88. The molecule has 0 amide bonds. The lowest BCUT2D eigenvalue weighted by Crippen LogP contribution is -2.27. The van der Waals surface area contributed by atoms with Crippen LogP contribution in [0, 0.1) is 0 Å². The average molecular weight is 326 g/mol. The van der Waals surface area contributed by atoms with Crippen LogP contribution in [-0.4, -0.2) is 13.4 Å². The summed E-state index contributed by atoms with van der Waals surface area (Å²) in [7, 11) is -3.74. The third kappa shape index (κ3) is 3.79. The molecule has 1 aromatic carbocycles. The van der Waals surface area contributed by atoms with E-state index in [2.05, 4.69) is 9.71 Å². The summed E-state index contributed by atoms with van der Waals surface area (Å²) in [5, 5.41) is 0.165. The summed E-state index contributed by atoms with van der Waals surface area (Å²) in [6, 6.07) is 7.86. The Morgan fingerprint density at radius 2 is 2.14 bits per heavy atom. The smallest absolute Gasteiger partial charge is 0.242 e. The summed E-state index contributed by atoms with van der Waals surface area (Å²) >= 11 is 5.99. The highest BCUT2D eigenvalue weighted by Crippen LogP contribution is 2.24. The molecule has 0 fully saturated rings. The van der Waals surface area contributed by atoms with Crippen molar-refractivity contribution in [3.05, 3.63) is 58.9 Å². The average Bonchev–Trinajstić information content (AvgIpc) is 2.48. The second-order valence-electron chi connectivity index (χ2n) is 4.60. The number of hydrogen-bond donors (Lipinski definition) is 2. The molecule has 0 bridgehead atoms. The maximum absolute atomic E-state index is 12.4. The first kappa shape index (κ1) is 15.9. The van der Waals surface area contributed by atoms with Gasteiger partial charge in [-0.3, -0.25) is 4.98 Å². The van der Waals surface area contributed by atoms with Crippen LogP contribution >= 0.6 is 11.6 Å². The molecule has 1 unspecified atom stereocenters. The van der Waals surface area contributed by atoms with Crippen molar-refractivity contribution in [2.45, 2.75) is 24.4 Å². The van der Waals surface area contributed by atoms with Gasteiger partial charge < -0.3 is 5.73 Å². The van der Waals surface area contributed by atoms with Gasteiger partial charge >= 0.3 is 0 Å². The van der Waals surface area contributed by atoms with Gasteiger partial charge in [-0.25, -0.2) is 13.1 Å². The van der Waals surface area contributed by atoms with Gasteiger partial charge in [-0.2, -0.15) is 0 Å². The number of nitrogens with zero attached hydrogens (tertiary/aromatic N) is 1. The molecule has 2 rings (SSSR count). The van der Waals surface area contributed by atoms with Crippen molar-refractivity contribution in [2.75, 3.05) is 0 Å². The first-order valence-corrected chi connectivity index (χ1v) is 8.21. The second-order valence-corrected chi connectivity index (χ2v) is 6.69. The zero-order valence-corrected chi connectivity index (χ0v) is 13.0. The lowest BCUT2D eigenvalue weighted by Gasteiger charge is -2.15. The Morgan fingerprint density at radius 1 is 1.38 bits per heavy atom. The van der Waals surface area contributed by atoms with Gasteiger partial charge in [-0.1, -0.05) is 23.7 Å². The van der Waals surface area contributed by atoms with Gasteiger partial charge in [0.15, 0.2) is 0 Å². The number of aromatic nitrogens is 1. The Hall–Kier alpha value is -1.47. The zero-order chi connectivity index (χ0) is 15.5. The Balaban J connectivity index is 2.30. The fourth-order valence-corrected chi connectivity index (χ4v) is 3.66. The normalized spacial score (nSPS) is 13.1. The molecule has 21 heavy (non-hydrogen) atoms. The van der Waals surface area contributed by atoms with Crippen LogP contribution < -0.4 is 10.5 Å². The van der Waals surface area contributed by atoms with E-state index >= 15 is 0 Å². The van der Waals surface area contributed by atoms with Crippen molar-refractivity contribution in [3.8, 4) is 0 Å². The van der Waals surface area contributed by atoms with Gasteiger partial charge in [0.05, 0.1) is 5.02 Å². The first-order chi connectivity index (χ1) is 9.94. The summed E-state index contributed by atoms with van der Waals surface area (Å²) in [5.41, 5.74) is 7.01. The molecule has 2 aromatic rings. The van der Waals surface area contributed by atoms with Crippen molar-refractivity contribution in [1.29, 1.82) is 0 Å². The Morgan fingerprint density at radius 3 is 2.76 bits per heavy atom. The number of nitrogens with one attached hydrogen (secondary N) is 1. The van der Waals surface area contributed by atoms with E-state index in [4.69, 9.17) is 17.3 Å². The molecule has 0 aliphatic carbocycles. The minimum Gasteiger partial charge on any atom is -0.326 e. The molecule has 0 aliphatic heterocycles. The Labute approximate surface area is 129 Å². The van der Waals surface area contributed by atoms with Crippen molar-refractivity contribution < 1.29 is 8.42 Å². The van der Waals surface area contributed by atoms with Crippen LogP contribution in [0.3, 0.4) is 0 Å². The lowest BCUT2D eigenvalue weighted by atomic mass is 10.2. The fraction of sp³-hybridized carbons (Fsp3) is 0.214. The summed E-state index contributed by atoms with van der Waals surface area (Å²) < 4.78 is 27.5. The summed E-state index contributed by atoms with van der Waals surface area (Å²) in [6.07, 6.45) is 3.25. The van der Waals surface area contributed by atoms with Crippen molar-refractivity contribution in [2.24, 2.45) is 5.73 Å². The molecular formula is C14H16ClN3O2S. The van der Waals surface area contributed by atoms with Crippen molar-refractivity contribution in [3.63, 3.8) is 0 Å². The molecule has 112 valence electrons. The van der Waals surface area contributed by atoms with Crippen LogP contribution in [0.4, 0.5) is 0 Å². The molecule has 0 saturated heterocycles. The minimum atomic E-state index is -3.74. The molecule has 0 spiro atoms. The van der Waals surface area contributed by atoms with E-state index in [1.165, 1.54) is 12.1 Å². The molecule has 0 radical (unpaired) electrons. The van der Waals surface area contributed by atoms with E-state index in [1.807, 2.05) is 0 Å². The standard InChI is InChI=1S/C14H16ClN3O2S/c1-10(12-3-2-6-17-9-12)18-21(19,20)14-7-11(8-16)4-5-13(14)15/h2-7,9-10,18H,8,16H2,1H3. The van der Waals surface area contributed by atoms with Gasteiger partial charge in [0.25, 0.3) is 0 Å². The van der Waals surface area contributed by atoms with E-state index in [0.717, 1.165) is 5.56 Å². The highest BCUT2D eigenvalue weighted by atomic mass is 35.5. The van der Waals surface area contributed by atoms with Gasteiger partial charge in [-0.05, 0) is 36.2 Å². The number of sulfonamides is 1. The van der Waals surface area contributed by atoms with Crippen LogP contribution in [0.1, 0.15) is 24.1 Å². The molecule has 3 N–H and O–H groups in total. The predicted octanol–water partition coefficient (Wildman–Crippen LogP) is 2.23. The van der Waals surface area contributed by atoms with Crippen molar-refractivity contribution >= 4 is 21.6 Å². The monoisotopic (exact) mass is 325 g/mol. The number of benzene rings is 1. The number of hydrogen-bond acceptors (Lipinski definition) is 4. The van der Waals surface area contributed by atoms with Gasteiger partial charge in [0.1, 0.15) is 4.90 Å². The predicted molar refractivity (Wildman–Crippen MR) is 82.3 cm³/mol. The van der Waals surface area contributed by atoms with E-state index in [9.17, 15) is 8.42 Å². The number of nitrogens with two attached hydrogens (primary N) is 1. The molecule has 7 heteroatoms. The Bertz CT molecular complexity index is 720. The van der Waals surface area contributed by atoms with Gasteiger partial charge in [-0.15, -0.1) is 0 Å². The third-order valence-electron chi connectivity index (χ3n) is 3.04. The Kier molecular flexibility index (Phi) is 4.95. The maximum atomic E-state index is 12.4. The maximum Gasteiger partial charge on any atom is 0.242 e. The molecular weight excluding hydrogens is 310 g/mol. The van der Waals surface area contributed by atoms with Crippen LogP contribution in [0.2, 0.25) is 5.02 Å². The van der Waals surface area contributed by atoms with E-state index in [-0.39, 0.29) is 16.5 Å². The van der Waals surface area contributed by atoms with E-state index in [0.29, 0.717) is 5.56 Å². The topological polar surface area (TPSA) is 85.1 Å². The second kappa shape index (κ2) is 6.53. The zero-order valence-electron chi connectivity index (χ0n) is 11.5. The number of rotatable bonds is 5. The largest absolute Gasteiger partial charge is 0.326 e. The van der Waals surface area contributed by atoms with Gasteiger partial charge in [0, 0.05) is 25.0 Å². The highest BCUT2D eigenvalue weighted by molar-refractivity contribution is 7.89. The van der Waals surface area contributed by atoms with Gasteiger partial charge in [0.2, 0.25) is 10.0 Å². The molecule has 0 aliphatic rings. The van der Waals surface area contributed by atoms with E-state index < -0.39 is 16.1 Å². The quantitative estimate of drug-likeness (QED) is 0.882. The number of halogens is 1. The highest BCUT2D eigenvalue weighted by Gasteiger charge is 2.21. The van der Waals surface area contributed by atoms with Crippen molar-refractivity contribution in [1.82, 2.24) is 9.71 Å². The molecule has 1 aromatic heterocycles. The molecule has 5 nitrogen and oxygen atoms in total.